The fraction of sp³-hybridized carbons (Fsp3) is 0.667. The quantitative estimate of drug-likeness (QED) is 0.676. The van der Waals surface area contributed by atoms with E-state index < -0.39 is 34.6 Å². The van der Waals surface area contributed by atoms with Crippen LogP contribution < -0.4 is 9.46 Å². The lowest BCUT2D eigenvalue weighted by molar-refractivity contribution is -0.140. The van der Waals surface area contributed by atoms with Crippen LogP contribution >= 0.6 is 0 Å². The van der Waals surface area contributed by atoms with Crippen LogP contribution in [0.2, 0.25) is 0 Å². The largest absolute Gasteiger partial charge is 0.491 e. The molecular weight excluding hydrogens is 463 g/mol. The molecule has 33 heavy (non-hydrogen) atoms. The fourth-order valence-electron chi connectivity index (χ4n) is 3.71. The zero-order chi connectivity index (χ0) is 25.0. The van der Waals surface area contributed by atoms with Gasteiger partial charge in [0.15, 0.2) is 0 Å². The Morgan fingerprint density at radius 3 is 2.48 bits per heavy atom. The summed E-state index contributed by atoms with van der Waals surface area (Å²) in [6.07, 6.45) is -4.65. The number of carbonyl (C=O) groups excluding carboxylic acids is 1. The SMILES string of the molecule is CO[C@@H]1CN(C)C(=O)c2cc(NS(C)(=O)=O)ccc2OC[C@H](C)N(CCC(F)(F)F)C[C@H]1C. The van der Waals surface area contributed by atoms with Crippen molar-refractivity contribution in [2.75, 3.05) is 51.4 Å². The second kappa shape index (κ2) is 10.9. The lowest BCUT2D eigenvalue weighted by Gasteiger charge is -2.36. The van der Waals surface area contributed by atoms with Crippen molar-refractivity contribution < 1.29 is 35.9 Å². The third-order valence-electron chi connectivity index (χ3n) is 5.56. The number of nitrogens with one attached hydrogen (secondary N) is 1. The number of hydrogen-bond donors (Lipinski definition) is 1. The highest BCUT2D eigenvalue weighted by Gasteiger charge is 2.32. The smallest absolute Gasteiger partial charge is 0.390 e. The number of sulfonamides is 1. The Morgan fingerprint density at radius 2 is 1.91 bits per heavy atom. The van der Waals surface area contributed by atoms with E-state index >= 15 is 0 Å². The van der Waals surface area contributed by atoms with Crippen molar-refractivity contribution in [1.82, 2.24) is 9.80 Å². The predicted octanol–water partition coefficient (Wildman–Crippen LogP) is 2.82. The maximum absolute atomic E-state index is 13.2. The number of ether oxygens (including phenoxy) is 2. The highest BCUT2D eigenvalue weighted by molar-refractivity contribution is 7.92. The number of amides is 1. The average molecular weight is 496 g/mol. The van der Waals surface area contributed by atoms with Gasteiger partial charge in [-0.3, -0.25) is 14.4 Å². The van der Waals surface area contributed by atoms with Crippen molar-refractivity contribution in [3.05, 3.63) is 23.8 Å². The van der Waals surface area contributed by atoms with Crippen molar-refractivity contribution in [3.63, 3.8) is 0 Å². The molecule has 0 spiro atoms. The number of rotatable bonds is 5. The molecule has 1 N–H and O–H groups in total. The zero-order valence-corrected chi connectivity index (χ0v) is 20.3. The Kier molecular flexibility index (Phi) is 9.00. The third-order valence-corrected chi connectivity index (χ3v) is 6.17. The van der Waals surface area contributed by atoms with Crippen molar-refractivity contribution in [1.29, 1.82) is 0 Å². The van der Waals surface area contributed by atoms with Gasteiger partial charge in [-0.15, -0.1) is 0 Å². The Morgan fingerprint density at radius 1 is 1.24 bits per heavy atom. The molecule has 1 heterocycles. The van der Waals surface area contributed by atoms with E-state index in [1.54, 1.807) is 18.9 Å². The normalized spacial score (nSPS) is 23.8. The summed E-state index contributed by atoms with van der Waals surface area (Å²) < 4.78 is 75.7. The van der Waals surface area contributed by atoms with E-state index in [4.69, 9.17) is 9.47 Å². The van der Waals surface area contributed by atoms with Crippen LogP contribution in [0.1, 0.15) is 30.6 Å². The van der Waals surface area contributed by atoms with Gasteiger partial charge in [-0.2, -0.15) is 13.2 Å². The molecule has 1 amide bonds. The summed E-state index contributed by atoms with van der Waals surface area (Å²) in [7, 11) is -0.483. The molecule has 0 saturated carbocycles. The number of anilines is 1. The molecule has 0 aromatic heterocycles. The topological polar surface area (TPSA) is 88.2 Å². The van der Waals surface area contributed by atoms with Gasteiger partial charge in [0, 0.05) is 45.5 Å². The number of benzene rings is 1. The summed E-state index contributed by atoms with van der Waals surface area (Å²) >= 11 is 0. The summed E-state index contributed by atoms with van der Waals surface area (Å²) in [5.74, 6) is -0.340. The molecule has 0 fully saturated rings. The van der Waals surface area contributed by atoms with Crippen LogP contribution in [0.4, 0.5) is 18.9 Å². The summed E-state index contributed by atoms with van der Waals surface area (Å²) in [4.78, 5) is 16.3. The van der Waals surface area contributed by atoms with Crippen molar-refractivity contribution in [2.24, 2.45) is 5.92 Å². The van der Waals surface area contributed by atoms with Crippen LogP contribution in [0, 0.1) is 5.92 Å². The van der Waals surface area contributed by atoms with E-state index in [9.17, 15) is 26.4 Å². The Hall–Kier alpha value is -2.05. The number of methoxy groups -OCH3 is 1. The van der Waals surface area contributed by atoms with E-state index in [-0.39, 0.29) is 48.7 Å². The lowest BCUT2D eigenvalue weighted by atomic mass is 10.0. The van der Waals surface area contributed by atoms with Gasteiger partial charge in [0.2, 0.25) is 10.0 Å². The molecule has 1 aliphatic heterocycles. The molecule has 12 heteroatoms. The number of alkyl halides is 3. The van der Waals surface area contributed by atoms with E-state index in [0.29, 0.717) is 6.54 Å². The average Bonchev–Trinajstić information content (AvgIpc) is 2.70. The Labute approximate surface area is 193 Å². The predicted molar refractivity (Wildman–Crippen MR) is 119 cm³/mol. The minimum Gasteiger partial charge on any atom is -0.491 e. The van der Waals surface area contributed by atoms with Crippen LogP contribution in [0.15, 0.2) is 18.2 Å². The second-order valence-electron chi connectivity index (χ2n) is 8.54. The molecule has 0 unspecified atom stereocenters. The van der Waals surface area contributed by atoms with Gasteiger partial charge in [0.1, 0.15) is 12.4 Å². The molecule has 0 aliphatic carbocycles. The van der Waals surface area contributed by atoms with Crippen LogP contribution in [-0.4, -0.2) is 89.1 Å². The third kappa shape index (κ3) is 8.35. The van der Waals surface area contributed by atoms with Gasteiger partial charge in [-0.1, -0.05) is 6.92 Å². The van der Waals surface area contributed by atoms with E-state index in [0.717, 1.165) is 6.26 Å². The molecule has 0 radical (unpaired) electrons. The van der Waals surface area contributed by atoms with Gasteiger partial charge >= 0.3 is 6.18 Å². The first-order valence-electron chi connectivity index (χ1n) is 10.5. The standard InChI is InChI=1S/C21H32F3N3O5S/c1-14-11-27(9-8-21(22,23)24)15(2)13-32-18-7-6-16(25-33(5,29)30)10-17(18)20(28)26(3)12-19(14)31-4/h6-7,10,14-15,19,25H,8-9,11-13H2,1-5H3/t14-,15+,19-/m1/s1. The number of hydrogen-bond acceptors (Lipinski definition) is 6. The molecule has 8 nitrogen and oxygen atoms in total. The number of halogens is 3. The molecule has 2 rings (SSSR count). The minimum atomic E-state index is -4.28. The van der Waals surface area contributed by atoms with Gasteiger partial charge in [0.05, 0.1) is 24.3 Å². The van der Waals surface area contributed by atoms with Crippen LogP contribution in [-0.2, 0) is 14.8 Å². The molecule has 1 aromatic rings. The Balaban J connectivity index is 2.42. The highest BCUT2D eigenvalue weighted by Crippen LogP contribution is 2.27. The molecule has 1 aromatic carbocycles. The summed E-state index contributed by atoms with van der Waals surface area (Å²) in [5, 5.41) is 0. The van der Waals surface area contributed by atoms with Crippen LogP contribution in [0.5, 0.6) is 5.75 Å². The first-order valence-corrected chi connectivity index (χ1v) is 12.4. The maximum atomic E-state index is 13.2. The van der Waals surface area contributed by atoms with Gasteiger partial charge in [-0.05, 0) is 31.0 Å². The monoisotopic (exact) mass is 495 g/mol. The van der Waals surface area contributed by atoms with Crippen LogP contribution in [0.25, 0.3) is 0 Å². The Bertz CT molecular complexity index is 926. The lowest BCUT2D eigenvalue weighted by Crippen LogP contribution is -2.47. The number of likely N-dealkylation sites (N-methyl/N-ethyl adjacent to an activating group) is 1. The van der Waals surface area contributed by atoms with E-state index in [2.05, 4.69) is 4.72 Å². The summed E-state index contributed by atoms with van der Waals surface area (Å²) in [6.45, 7) is 4.03. The first kappa shape index (κ1) is 27.2. The number of fused-ring (bicyclic) bond motifs is 1. The van der Waals surface area contributed by atoms with E-state index in [1.807, 2.05) is 6.92 Å². The van der Waals surface area contributed by atoms with Crippen molar-refractivity contribution >= 4 is 21.6 Å². The fourth-order valence-corrected chi connectivity index (χ4v) is 4.27. The van der Waals surface area contributed by atoms with Crippen molar-refractivity contribution in [2.45, 2.75) is 38.6 Å². The zero-order valence-electron chi connectivity index (χ0n) is 19.5. The van der Waals surface area contributed by atoms with Crippen molar-refractivity contribution in [3.8, 4) is 5.75 Å². The van der Waals surface area contributed by atoms with E-state index in [1.165, 1.54) is 30.2 Å². The van der Waals surface area contributed by atoms with Gasteiger partial charge in [-0.25, -0.2) is 8.42 Å². The summed E-state index contributed by atoms with van der Waals surface area (Å²) in [6, 6.07) is 3.95. The van der Waals surface area contributed by atoms with Crippen LogP contribution in [0.3, 0.4) is 0 Å². The molecular formula is C21H32F3N3O5S. The summed E-state index contributed by atoms with van der Waals surface area (Å²) in [5.41, 5.74) is 0.341. The minimum absolute atomic E-state index is 0.0467. The number of carbonyl (C=O) groups is 1. The molecule has 1 aliphatic rings. The molecule has 188 valence electrons. The van der Waals surface area contributed by atoms with Gasteiger partial charge in [0.25, 0.3) is 5.91 Å². The maximum Gasteiger partial charge on any atom is 0.390 e. The van der Waals surface area contributed by atoms with Gasteiger partial charge < -0.3 is 14.4 Å². The first-order chi connectivity index (χ1) is 15.2. The number of nitrogens with zero attached hydrogens (tertiary/aromatic N) is 2. The molecule has 3 atom stereocenters. The molecule has 0 saturated heterocycles. The molecule has 0 bridgehead atoms. The second-order valence-corrected chi connectivity index (χ2v) is 10.3. The highest BCUT2D eigenvalue weighted by atomic mass is 32.2.